The van der Waals surface area contributed by atoms with E-state index in [1.165, 1.54) is 6.92 Å². The highest BCUT2D eigenvalue weighted by atomic mass is 16.6. The zero-order valence-electron chi connectivity index (χ0n) is 21.2. The van der Waals surface area contributed by atoms with Gasteiger partial charge in [0.05, 0.1) is 30.5 Å². The van der Waals surface area contributed by atoms with Crippen molar-refractivity contribution in [1.82, 2.24) is 10.6 Å². The minimum absolute atomic E-state index is 0.0188. The number of ether oxygens (including phenoxy) is 2. The van der Waals surface area contributed by atoms with E-state index in [4.69, 9.17) is 14.3 Å². The van der Waals surface area contributed by atoms with Crippen molar-refractivity contribution in [3.63, 3.8) is 0 Å². The molecule has 2 rings (SSSR count). The van der Waals surface area contributed by atoms with Gasteiger partial charge in [-0.05, 0) is 57.2 Å². The fourth-order valence-electron chi connectivity index (χ4n) is 3.72. The number of alkyl carbamates (subject to hydrolysis) is 1. The summed E-state index contributed by atoms with van der Waals surface area (Å²) in [6, 6.07) is 8.87. The molecule has 0 aromatic heterocycles. The lowest BCUT2D eigenvalue weighted by molar-refractivity contribution is -0.121. The molecule has 0 unspecified atom stereocenters. The quantitative estimate of drug-likeness (QED) is 0.385. The molecule has 0 spiro atoms. The molecule has 0 radical (unpaired) electrons. The third-order valence-electron chi connectivity index (χ3n) is 5.32. The van der Waals surface area contributed by atoms with Gasteiger partial charge in [-0.1, -0.05) is 49.3 Å². The number of hydrogen-bond donors (Lipinski definition) is 2. The molecule has 0 saturated heterocycles. The molecular weight excluding hydrogens is 434 g/mol. The molecule has 8 nitrogen and oxygen atoms in total. The summed E-state index contributed by atoms with van der Waals surface area (Å²) in [6.45, 7) is 11.3. The highest BCUT2D eigenvalue weighted by Crippen LogP contribution is 2.24. The summed E-state index contributed by atoms with van der Waals surface area (Å²) in [5, 5.41) is 10.00. The van der Waals surface area contributed by atoms with Crippen LogP contribution in [0.15, 0.2) is 47.1 Å². The summed E-state index contributed by atoms with van der Waals surface area (Å²) >= 11 is 0. The molecule has 1 aliphatic carbocycles. The molecule has 8 heteroatoms. The lowest BCUT2D eigenvalue weighted by Gasteiger charge is -2.38. The van der Waals surface area contributed by atoms with Gasteiger partial charge in [0.1, 0.15) is 12.2 Å². The van der Waals surface area contributed by atoms with E-state index in [1.54, 1.807) is 27.0 Å². The normalized spacial score (nSPS) is 20.7. The zero-order chi connectivity index (χ0) is 25.1. The van der Waals surface area contributed by atoms with Crippen molar-refractivity contribution in [2.24, 2.45) is 5.16 Å². The minimum Gasteiger partial charge on any atom is -0.444 e. The Balaban J connectivity index is 2.22. The summed E-state index contributed by atoms with van der Waals surface area (Å²) in [4.78, 5) is 30.0. The Labute approximate surface area is 203 Å². The van der Waals surface area contributed by atoms with Gasteiger partial charge in [-0.2, -0.15) is 0 Å². The average molecular weight is 474 g/mol. The van der Waals surface area contributed by atoms with Crippen LogP contribution >= 0.6 is 0 Å². The maximum atomic E-state index is 12.6. The number of carbonyl (C=O) groups excluding carboxylic acids is 2. The lowest BCUT2D eigenvalue weighted by atomic mass is 9.88. The van der Waals surface area contributed by atoms with Crippen LogP contribution in [-0.4, -0.2) is 48.1 Å². The molecule has 188 valence electrons. The van der Waals surface area contributed by atoms with E-state index in [9.17, 15) is 9.59 Å². The van der Waals surface area contributed by atoms with Crippen molar-refractivity contribution in [3.05, 3.63) is 47.5 Å². The Kier molecular flexibility index (Phi) is 10.6. The first-order valence-electron chi connectivity index (χ1n) is 11.9. The second-order valence-corrected chi connectivity index (χ2v) is 9.46. The molecular formula is C26H39N3O5. The molecule has 3 atom stereocenters. The minimum atomic E-state index is -0.640. The summed E-state index contributed by atoms with van der Waals surface area (Å²) in [6.07, 6.45) is 4.71. The van der Waals surface area contributed by atoms with Gasteiger partial charge in [0.2, 0.25) is 5.91 Å². The van der Waals surface area contributed by atoms with Crippen LogP contribution in [0.3, 0.4) is 0 Å². The van der Waals surface area contributed by atoms with Crippen molar-refractivity contribution in [2.75, 3.05) is 0 Å². The predicted octanol–water partition coefficient (Wildman–Crippen LogP) is 4.49. The third kappa shape index (κ3) is 9.55. The molecule has 1 aromatic rings. The summed E-state index contributed by atoms with van der Waals surface area (Å²) in [7, 11) is 0. The van der Waals surface area contributed by atoms with Crippen LogP contribution in [0, 0.1) is 0 Å². The standard InChI is InChI=1S/C26H39N3O5/c1-7-21(8-2)33-23-15-20(16-27-32-17-19-12-10-9-11-13-19)14-22(24(23)28-18(3)30)29-25(31)34-26(4,5)6/h9-13,15-16,21-24H,7-8,14,17H2,1-6H3,(H,28,30)(H,29,31)/t22-,23+,24+/m0/s1. The van der Waals surface area contributed by atoms with Gasteiger partial charge in [-0.25, -0.2) is 4.79 Å². The maximum Gasteiger partial charge on any atom is 0.407 e. The molecule has 34 heavy (non-hydrogen) atoms. The van der Waals surface area contributed by atoms with Crippen LogP contribution in [0.1, 0.15) is 66.4 Å². The zero-order valence-corrected chi connectivity index (χ0v) is 21.2. The van der Waals surface area contributed by atoms with Gasteiger partial charge in [-0.3, -0.25) is 4.79 Å². The average Bonchev–Trinajstić information content (AvgIpc) is 2.76. The first-order valence-corrected chi connectivity index (χ1v) is 11.9. The molecule has 2 amide bonds. The second kappa shape index (κ2) is 13.1. The fourth-order valence-corrected chi connectivity index (χ4v) is 3.72. The number of hydrogen-bond acceptors (Lipinski definition) is 6. The Bertz CT molecular complexity index is 844. The molecule has 1 aliphatic rings. The van der Waals surface area contributed by atoms with Crippen molar-refractivity contribution >= 4 is 18.2 Å². The van der Waals surface area contributed by atoms with Crippen molar-refractivity contribution in [2.45, 2.75) is 97.3 Å². The molecule has 0 heterocycles. The number of oxime groups is 1. The molecule has 1 aromatic carbocycles. The summed E-state index contributed by atoms with van der Waals surface area (Å²) < 4.78 is 11.8. The summed E-state index contributed by atoms with van der Waals surface area (Å²) in [5.74, 6) is -0.198. The fraction of sp³-hybridized carbons (Fsp3) is 0.577. The van der Waals surface area contributed by atoms with Crippen molar-refractivity contribution in [3.8, 4) is 0 Å². The van der Waals surface area contributed by atoms with Crippen molar-refractivity contribution < 1.29 is 23.9 Å². The second-order valence-electron chi connectivity index (χ2n) is 9.46. The molecule has 0 fully saturated rings. The van der Waals surface area contributed by atoms with Gasteiger partial charge in [0, 0.05) is 6.92 Å². The van der Waals surface area contributed by atoms with Gasteiger partial charge >= 0.3 is 6.09 Å². The number of nitrogens with one attached hydrogen (secondary N) is 2. The molecule has 0 aliphatic heterocycles. The Morgan fingerprint density at radius 2 is 1.82 bits per heavy atom. The number of nitrogens with zero attached hydrogens (tertiary/aromatic N) is 1. The number of amides is 2. The SMILES string of the molecule is CCC(CC)O[C@@H]1C=C(C=NOCc2ccccc2)C[C@H](NC(=O)OC(C)(C)C)[C@H]1NC(C)=O. The van der Waals surface area contributed by atoms with Gasteiger partial charge < -0.3 is 24.9 Å². The van der Waals surface area contributed by atoms with Gasteiger partial charge in [0.25, 0.3) is 0 Å². The maximum absolute atomic E-state index is 12.6. The topological polar surface area (TPSA) is 98.2 Å². The van der Waals surface area contributed by atoms with E-state index in [-0.39, 0.29) is 12.0 Å². The van der Waals surface area contributed by atoms with E-state index in [0.717, 1.165) is 24.0 Å². The largest absolute Gasteiger partial charge is 0.444 e. The van der Waals surface area contributed by atoms with Crippen LogP contribution in [-0.2, 0) is 25.7 Å². The number of benzene rings is 1. The van der Waals surface area contributed by atoms with Gasteiger partial charge in [0.15, 0.2) is 0 Å². The smallest absolute Gasteiger partial charge is 0.407 e. The molecule has 0 bridgehead atoms. The predicted molar refractivity (Wildman–Crippen MR) is 132 cm³/mol. The van der Waals surface area contributed by atoms with Crippen LogP contribution in [0.25, 0.3) is 0 Å². The monoisotopic (exact) mass is 473 g/mol. The Morgan fingerprint density at radius 1 is 1.15 bits per heavy atom. The van der Waals surface area contributed by atoms with E-state index < -0.39 is 29.9 Å². The number of rotatable bonds is 10. The molecule has 2 N–H and O–H groups in total. The Hall–Kier alpha value is -2.87. The van der Waals surface area contributed by atoms with Crippen molar-refractivity contribution in [1.29, 1.82) is 0 Å². The van der Waals surface area contributed by atoms with Crippen LogP contribution in [0.2, 0.25) is 0 Å². The highest BCUT2D eigenvalue weighted by Gasteiger charge is 2.37. The Morgan fingerprint density at radius 3 is 2.41 bits per heavy atom. The summed E-state index contributed by atoms with van der Waals surface area (Å²) in [5.41, 5.74) is 1.22. The first-order chi connectivity index (χ1) is 16.1. The van der Waals surface area contributed by atoms with E-state index >= 15 is 0 Å². The van der Waals surface area contributed by atoms with Crippen LogP contribution in [0.5, 0.6) is 0 Å². The first kappa shape index (κ1) is 27.4. The van der Waals surface area contributed by atoms with Crippen LogP contribution in [0.4, 0.5) is 4.79 Å². The van der Waals surface area contributed by atoms with E-state index in [0.29, 0.717) is 13.0 Å². The lowest BCUT2D eigenvalue weighted by Crippen LogP contribution is -2.59. The third-order valence-corrected chi connectivity index (χ3v) is 5.32. The van der Waals surface area contributed by atoms with E-state index in [1.807, 2.05) is 36.4 Å². The van der Waals surface area contributed by atoms with Gasteiger partial charge in [-0.15, -0.1) is 0 Å². The van der Waals surface area contributed by atoms with E-state index in [2.05, 4.69) is 29.6 Å². The number of carbonyl (C=O) groups is 2. The highest BCUT2D eigenvalue weighted by molar-refractivity contribution is 5.80. The van der Waals surface area contributed by atoms with Crippen LogP contribution < -0.4 is 10.6 Å². The molecule has 0 saturated carbocycles.